The maximum Gasteiger partial charge on any atom is 0.432 e. The number of alkyl halides is 2. The molecule has 0 radical (unpaired) electrons. The maximum atomic E-state index is 14.9. The molecule has 0 atom stereocenters. The Morgan fingerprint density at radius 2 is 1.28 bits per heavy atom. The molecule has 1 aliphatic rings. The second-order valence-electron chi connectivity index (χ2n) is 9.29. The lowest BCUT2D eigenvalue weighted by molar-refractivity contribution is -0.189. The summed E-state index contributed by atoms with van der Waals surface area (Å²) < 4.78 is 91.1. The summed E-state index contributed by atoms with van der Waals surface area (Å²) in [6.45, 7) is 4.64. The third-order valence-electron chi connectivity index (χ3n) is 6.69. The van der Waals surface area contributed by atoms with Crippen molar-refractivity contribution in [1.82, 2.24) is 0 Å². The molecule has 36 heavy (non-hydrogen) atoms. The number of carbonyl (C=O) groups excluding carboxylic acids is 1. The van der Waals surface area contributed by atoms with Crippen molar-refractivity contribution in [3.63, 3.8) is 0 Å². The van der Waals surface area contributed by atoms with Gasteiger partial charge in [0, 0.05) is 30.5 Å². The van der Waals surface area contributed by atoms with Gasteiger partial charge in [-0.2, -0.15) is 8.78 Å². The summed E-state index contributed by atoms with van der Waals surface area (Å²) in [5.41, 5.74) is 0.951. The van der Waals surface area contributed by atoms with E-state index in [9.17, 15) is 31.1 Å². The van der Waals surface area contributed by atoms with Crippen LogP contribution in [-0.4, -0.2) is 5.78 Å². The largest absolute Gasteiger partial charge is 0.432 e. The number of aryl methyl sites for hydroxylation is 2. The Kier molecular flexibility index (Phi) is 6.90. The predicted molar refractivity (Wildman–Crippen MR) is 123 cm³/mol. The molecule has 0 saturated heterocycles. The molecular formula is C28H24F6O2. The van der Waals surface area contributed by atoms with Crippen LogP contribution in [0.4, 0.5) is 26.3 Å². The zero-order valence-corrected chi connectivity index (χ0v) is 20.0. The van der Waals surface area contributed by atoms with Gasteiger partial charge < -0.3 is 4.74 Å². The van der Waals surface area contributed by atoms with Crippen molar-refractivity contribution >= 4 is 5.78 Å². The Hall–Kier alpha value is -3.29. The molecule has 1 fully saturated rings. The van der Waals surface area contributed by atoms with Crippen LogP contribution in [0.5, 0.6) is 5.75 Å². The van der Waals surface area contributed by atoms with Crippen molar-refractivity contribution in [2.75, 3.05) is 0 Å². The fraction of sp³-hybridized carbons (Fsp3) is 0.321. The van der Waals surface area contributed by atoms with Crippen molar-refractivity contribution in [2.24, 2.45) is 0 Å². The summed E-state index contributed by atoms with van der Waals surface area (Å²) in [5.74, 6) is -5.85. The van der Waals surface area contributed by atoms with Crippen LogP contribution < -0.4 is 4.74 Å². The molecule has 3 aromatic rings. The van der Waals surface area contributed by atoms with Gasteiger partial charge in [0.05, 0.1) is 0 Å². The second kappa shape index (κ2) is 9.64. The molecule has 190 valence electrons. The average Bonchev–Trinajstić information content (AvgIpc) is 2.76. The number of ketones is 1. The highest BCUT2D eigenvalue weighted by Gasteiger charge is 2.41. The van der Waals surface area contributed by atoms with Crippen molar-refractivity contribution < 1.29 is 35.9 Å². The molecule has 1 aliphatic carbocycles. The molecule has 4 rings (SSSR count). The monoisotopic (exact) mass is 506 g/mol. The van der Waals surface area contributed by atoms with Crippen LogP contribution in [-0.2, 0) is 10.9 Å². The molecule has 0 heterocycles. The first-order valence-corrected chi connectivity index (χ1v) is 11.5. The molecule has 0 N–H and O–H groups in total. The van der Waals surface area contributed by atoms with Crippen molar-refractivity contribution in [3.8, 4) is 16.9 Å². The SMILES string of the molecule is Cc1cc(C2CCC(=O)CC2)cc(C)c1-c1cc(F)c(C(F)(F)Oc2cc(F)c(C)c(F)c2)c(F)c1. The minimum absolute atomic E-state index is 0.0670. The van der Waals surface area contributed by atoms with Crippen molar-refractivity contribution in [1.29, 1.82) is 0 Å². The molecule has 0 aliphatic heterocycles. The zero-order chi connectivity index (χ0) is 26.4. The number of hydrogen-bond acceptors (Lipinski definition) is 2. The van der Waals surface area contributed by atoms with Crippen molar-refractivity contribution in [2.45, 2.75) is 58.5 Å². The standard InChI is InChI=1S/C28H24F6O2/c1-14-8-18(17-4-6-20(35)7-5-17)9-15(2)26(14)19-10-24(31)27(25(32)11-19)28(33,34)36-21-12-22(29)16(3)23(30)13-21/h8-13,17H,4-7H2,1-3H3. The summed E-state index contributed by atoms with van der Waals surface area (Å²) in [7, 11) is 0. The van der Waals surface area contributed by atoms with Crippen LogP contribution in [0.1, 0.15) is 59.4 Å². The van der Waals surface area contributed by atoms with E-state index in [1.807, 2.05) is 12.1 Å². The molecule has 0 bridgehead atoms. The van der Waals surface area contributed by atoms with E-state index in [-0.39, 0.29) is 17.3 Å². The predicted octanol–water partition coefficient (Wildman–Crippen LogP) is 8.19. The van der Waals surface area contributed by atoms with E-state index < -0.39 is 46.3 Å². The quantitative estimate of drug-likeness (QED) is 0.326. The van der Waals surface area contributed by atoms with Crippen LogP contribution >= 0.6 is 0 Å². The molecular weight excluding hydrogens is 482 g/mol. The van der Waals surface area contributed by atoms with E-state index in [0.717, 1.165) is 37.5 Å². The van der Waals surface area contributed by atoms with E-state index in [2.05, 4.69) is 4.74 Å². The Morgan fingerprint density at radius 1 is 0.778 bits per heavy atom. The van der Waals surface area contributed by atoms with Crippen LogP contribution in [0.25, 0.3) is 11.1 Å². The first-order valence-electron chi connectivity index (χ1n) is 11.5. The topological polar surface area (TPSA) is 26.3 Å². The van der Waals surface area contributed by atoms with Gasteiger partial charge in [0.2, 0.25) is 0 Å². The van der Waals surface area contributed by atoms with Crippen LogP contribution in [0.3, 0.4) is 0 Å². The highest BCUT2D eigenvalue weighted by atomic mass is 19.3. The number of Topliss-reactive ketones (excluding diaryl/α,β-unsaturated/α-hetero) is 1. The molecule has 0 aromatic heterocycles. The third-order valence-corrected chi connectivity index (χ3v) is 6.69. The highest BCUT2D eigenvalue weighted by molar-refractivity contribution is 5.79. The van der Waals surface area contributed by atoms with Gasteiger partial charge in [-0.15, -0.1) is 0 Å². The number of benzene rings is 3. The molecule has 0 spiro atoms. The van der Waals surface area contributed by atoms with Gasteiger partial charge in [-0.1, -0.05) is 12.1 Å². The van der Waals surface area contributed by atoms with E-state index in [0.29, 0.717) is 41.7 Å². The third kappa shape index (κ3) is 4.99. The lowest BCUT2D eigenvalue weighted by Gasteiger charge is -2.24. The molecule has 1 saturated carbocycles. The zero-order valence-electron chi connectivity index (χ0n) is 20.0. The smallest absolute Gasteiger partial charge is 0.429 e. The fourth-order valence-electron chi connectivity index (χ4n) is 4.84. The fourth-order valence-corrected chi connectivity index (χ4v) is 4.84. The van der Waals surface area contributed by atoms with Gasteiger partial charge in [-0.05, 0) is 79.5 Å². The van der Waals surface area contributed by atoms with E-state index >= 15 is 0 Å². The first kappa shape index (κ1) is 25.8. The van der Waals surface area contributed by atoms with Gasteiger partial charge in [0.15, 0.2) is 0 Å². The lowest BCUT2D eigenvalue weighted by atomic mass is 9.81. The van der Waals surface area contributed by atoms with Gasteiger partial charge in [0.1, 0.15) is 40.4 Å². The summed E-state index contributed by atoms with van der Waals surface area (Å²) in [6, 6.07) is 6.41. The Labute approximate surface area is 204 Å². The second-order valence-corrected chi connectivity index (χ2v) is 9.29. The summed E-state index contributed by atoms with van der Waals surface area (Å²) >= 11 is 0. The Balaban J connectivity index is 1.67. The maximum absolute atomic E-state index is 14.9. The normalized spacial score (nSPS) is 14.9. The van der Waals surface area contributed by atoms with E-state index in [1.165, 1.54) is 0 Å². The summed E-state index contributed by atoms with van der Waals surface area (Å²) in [6.07, 6.45) is -2.04. The average molecular weight is 506 g/mol. The van der Waals surface area contributed by atoms with Gasteiger partial charge >= 0.3 is 6.11 Å². The Bertz CT molecular complexity index is 1270. The van der Waals surface area contributed by atoms with Gasteiger partial charge in [0.25, 0.3) is 0 Å². The number of hydrogen-bond donors (Lipinski definition) is 0. The number of ether oxygens (including phenoxy) is 1. The molecule has 0 unspecified atom stereocenters. The lowest BCUT2D eigenvalue weighted by Crippen LogP contribution is -2.25. The minimum atomic E-state index is -4.53. The molecule has 3 aromatic carbocycles. The van der Waals surface area contributed by atoms with Gasteiger partial charge in [-0.25, -0.2) is 17.6 Å². The first-order chi connectivity index (χ1) is 16.9. The van der Waals surface area contributed by atoms with E-state index in [1.54, 1.807) is 13.8 Å². The van der Waals surface area contributed by atoms with E-state index in [4.69, 9.17) is 0 Å². The molecule has 8 heteroatoms. The Morgan fingerprint density at radius 3 is 1.78 bits per heavy atom. The summed E-state index contributed by atoms with van der Waals surface area (Å²) in [4.78, 5) is 11.6. The summed E-state index contributed by atoms with van der Waals surface area (Å²) in [5, 5.41) is 0. The van der Waals surface area contributed by atoms with Crippen molar-refractivity contribution in [3.05, 3.63) is 87.5 Å². The number of rotatable bonds is 5. The van der Waals surface area contributed by atoms with Gasteiger partial charge in [-0.3, -0.25) is 4.79 Å². The minimum Gasteiger partial charge on any atom is -0.429 e. The molecule has 0 amide bonds. The van der Waals surface area contributed by atoms with Crippen LogP contribution in [0, 0.1) is 44.0 Å². The molecule has 2 nitrogen and oxygen atoms in total. The number of carbonyl (C=O) groups is 1. The van der Waals surface area contributed by atoms with Crippen LogP contribution in [0.2, 0.25) is 0 Å². The van der Waals surface area contributed by atoms with Crippen LogP contribution in [0.15, 0.2) is 36.4 Å². The number of halogens is 6. The highest BCUT2D eigenvalue weighted by Crippen LogP contribution is 2.40.